The van der Waals surface area contributed by atoms with Gasteiger partial charge >= 0.3 is 0 Å². The van der Waals surface area contributed by atoms with Crippen molar-refractivity contribution in [1.29, 1.82) is 0 Å². The Bertz CT molecular complexity index is 667. The van der Waals surface area contributed by atoms with E-state index in [-0.39, 0.29) is 11.1 Å². The van der Waals surface area contributed by atoms with Crippen molar-refractivity contribution in [2.24, 2.45) is 5.41 Å². The molecule has 0 saturated heterocycles. The number of fused-ring (bicyclic) bond motifs is 1. The Kier molecular flexibility index (Phi) is 3.76. The van der Waals surface area contributed by atoms with E-state index in [4.69, 9.17) is 11.6 Å². The van der Waals surface area contributed by atoms with Crippen LogP contribution in [0.4, 0.5) is 11.5 Å². The maximum atomic E-state index is 10.9. The van der Waals surface area contributed by atoms with E-state index in [9.17, 15) is 10.1 Å². The Balaban J connectivity index is 2.52. The number of non-ortho nitro benzene ring substituents is 1. The molecule has 2 rings (SSSR count). The summed E-state index contributed by atoms with van der Waals surface area (Å²) in [5.41, 5.74) is -0.0109. The van der Waals surface area contributed by atoms with E-state index in [1.54, 1.807) is 0 Å². The van der Waals surface area contributed by atoms with E-state index < -0.39 is 4.92 Å². The minimum absolute atomic E-state index is 0.0500. The Labute approximate surface area is 121 Å². The second kappa shape index (κ2) is 5.20. The average molecular weight is 295 g/mol. The number of anilines is 1. The molecule has 1 aromatic carbocycles. The van der Waals surface area contributed by atoms with Gasteiger partial charge in [-0.25, -0.2) is 0 Å². The first-order valence-electron chi connectivity index (χ1n) is 6.11. The molecule has 0 amide bonds. The van der Waals surface area contributed by atoms with Gasteiger partial charge in [0.1, 0.15) is 0 Å². The highest BCUT2D eigenvalue weighted by atomic mass is 35.5. The number of nitrogens with one attached hydrogen (secondary N) is 1. The summed E-state index contributed by atoms with van der Waals surface area (Å²) in [5, 5.41) is 23.5. The summed E-state index contributed by atoms with van der Waals surface area (Å²) in [4.78, 5) is 10.4. The van der Waals surface area contributed by atoms with Gasteiger partial charge in [-0.1, -0.05) is 32.4 Å². The zero-order chi connectivity index (χ0) is 14.9. The second-order valence-corrected chi connectivity index (χ2v) is 6.16. The summed E-state index contributed by atoms with van der Waals surface area (Å²) < 4.78 is 0. The molecule has 20 heavy (non-hydrogen) atoms. The van der Waals surface area contributed by atoms with Gasteiger partial charge in [-0.15, -0.1) is 5.10 Å². The van der Waals surface area contributed by atoms with Crippen LogP contribution in [0.5, 0.6) is 0 Å². The van der Waals surface area contributed by atoms with Crippen LogP contribution in [0.15, 0.2) is 18.3 Å². The van der Waals surface area contributed by atoms with Crippen molar-refractivity contribution in [1.82, 2.24) is 10.2 Å². The maximum absolute atomic E-state index is 10.9. The Morgan fingerprint density at radius 3 is 2.65 bits per heavy atom. The summed E-state index contributed by atoms with van der Waals surface area (Å²) in [7, 11) is 0. The minimum Gasteiger partial charge on any atom is -0.368 e. The zero-order valence-corrected chi connectivity index (χ0v) is 12.2. The number of aromatic nitrogens is 2. The highest BCUT2D eigenvalue weighted by Crippen LogP contribution is 2.32. The van der Waals surface area contributed by atoms with Crippen molar-refractivity contribution in [2.45, 2.75) is 20.8 Å². The van der Waals surface area contributed by atoms with E-state index in [0.29, 0.717) is 28.2 Å². The molecular weight excluding hydrogens is 280 g/mol. The monoisotopic (exact) mass is 294 g/mol. The Morgan fingerprint density at radius 1 is 1.35 bits per heavy atom. The molecular formula is C13H15ClN4O2. The Hall–Kier alpha value is -1.95. The molecule has 0 aliphatic carbocycles. The molecule has 2 aromatic rings. The van der Waals surface area contributed by atoms with Gasteiger partial charge in [-0.2, -0.15) is 5.10 Å². The Morgan fingerprint density at radius 2 is 2.05 bits per heavy atom. The lowest BCUT2D eigenvalue weighted by Crippen LogP contribution is -2.19. The fraction of sp³-hybridized carbons (Fsp3) is 0.385. The van der Waals surface area contributed by atoms with Gasteiger partial charge in [-0.05, 0) is 5.41 Å². The lowest BCUT2D eigenvalue weighted by atomic mass is 9.97. The molecule has 0 bridgehead atoms. The third-order valence-electron chi connectivity index (χ3n) is 2.71. The molecule has 7 heteroatoms. The van der Waals surface area contributed by atoms with Crippen LogP contribution in [-0.4, -0.2) is 21.7 Å². The van der Waals surface area contributed by atoms with Crippen LogP contribution in [0, 0.1) is 15.5 Å². The van der Waals surface area contributed by atoms with E-state index in [1.807, 2.05) is 0 Å². The number of hydrogen-bond acceptors (Lipinski definition) is 5. The largest absolute Gasteiger partial charge is 0.368 e. The molecule has 0 aliphatic rings. The molecule has 0 fully saturated rings. The van der Waals surface area contributed by atoms with Crippen LogP contribution in [0.3, 0.4) is 0 Å². The van der Waals surface area contributed by atoms with Crippen molar-refractivity contribution >= 4 is 33.9 Å². The lowest BCUT2D eigenvalue weighted by Gasteiger charge is -2.19. The fourth-order valence-corrected chi connectivity index (χ4v) is 1.98. The third-order valence-corrected chi connectivity index (χ3v) is 3.02. The molecule has 0 saturated carbocycles. The maximum Gasteiger partial charge on any atom is 0.271 e. The number of nitro groups is 1. The van der Waals surface area contributed by atoms with Crippen molar-refractivity contribution in [2.75, 3.05) is 11.9 Å². The molecule has 1 heterocycles. The summed E-state index contributed by atoms with van der Waals surface area (Å²) in [6, 6.07) is 2.78. The predicted octanol–water partition coefficient (Wildman–Crippen LogP) is 3.65. The van der Waals surface area contributed by atoms with E-state index in [2.05, 4.69) is 36.3 Å². The molecule has 0 radical (unpaired) electrons. The van der Waals surface area contributed by atoms with Crippen molar-refractivity contribution in [3.63, 3.8) is 0 Å². The highest BCUT2D eigenvalue weighted by molar-refractivity contribution is 6.36. The van der Waals surface area contributed by atoms with Gasteiger partial charge in [0.05, 0.1) is 16.1 Å². The number of nitrogens with zero attached hydrogens (tertiary/aromatic N) is 3. The average Bonchev–Trinajstić information content (AvgIpc) is 2.35. The van der Waals surface area contributed by atoms with Gasteiger partial charge in [0.15, 0.2) is 5.82 Å². The zero-order valence-electron chi connectivity index (χ0n) is 11.5. The quantitative estimate of drug-likeness (QED) is 0.690. The molecule has 0 spiro atoms. The summed E-state index contributed by atoms with van der Waals surface area (Å²) in [6.45, 7) is 6.90. The van der Waals surface area contributed by atoms with E-state index in [1.165, 1.54) is 18.3 Å². The summed E-state index contributed by atoms with van der Waals surface area (Å²) in [6.07, 6.45) is 1.50. The summed E-state index contributed by atoms with van der Waals surface area (Å²) in [5.74, 6) is 0.503. The van der Waals surface area contributed by atoms with Gasteiger partial charge in [0.2, 0.25) is 0 Å². The van der Waals surface area contributed by atoms with Crippen LogP contribution >= 0.6 is 11.6 Å². The first-order chi connectivity index (χ1) is 9.28. The normalized spacial score (nSPS) is 11.6. The van der Waals surface area contributed by atoms with Crippen molar-refractivity contribution in [3.05, 3.63) is 33.5 Å². The number of rotatable bonds is 3. The van der Waals surface area contributed by atoms with E-state index in [0.717, 1.165) is 0 Å². The molecule has 0 atom stereocenters. The second-order valence-electron chi connectivity index (χ2n) is 5.75. The first kappa shape index (κ1) is 14.5. The van der Waals surface area contributed by atoms with Crippen LogP contribution in [0.2, 0.25) is 5.02 Å². The van der Waals surface area contributed by atoms with Gasteiger partial charge < -0.3 is 5.32 Å². The SMILES string of the molecule is CC(C)(C)CNc1nncc2c(Cl)cc([N+](=O)[O-])cc12. The topological polar surface area (TPSA) is 81.0 Å². The fourth-order valence-electron chi connectivity index (χ4n) is 1.71. The van der Waals surface area contributed by atoms with Crippen molar-refractivity contribution < 1.29 is 4.92 Å². The van der Waals surface area contributed by atoms with Crippen LogP contribution < -0.4 is 5.32 Å². The smallest absolute Gasteiger partial charge is 0.271 e. The molecule has 1 aromatic heterocycles. The predicted molar refractivity (Wildman–Crippen MR) is 79.1 cm³/mol. The first-order valence-corrected chi connectivity index (χ1v) is 6.49. The van der Waals surface area contributed by atoms with E-state index >= 15 is 0 Å². The number of hydrogen-bond donors (Lipinski definition) is 1. The van der Waals surface area contributed by atoms with Crippen LogP contribution in [0.1, 0.15) is 20.8 Å². The summed E-state index contributed by atoms with van der Waals surface area (Å²) >= 11 is 6.07. The molecule has 0 aliphatic heterocycles. The van der Waals surface area contributed by atoms with Crippen LogP contribution in [-0.2, 0) is 0 Å². The molecule has 1 N–H and O–H groups in total. The minimum atomic E-state index is -0.473. The molecule has 106 valence electrons. The van der Waals surface area contributed by atoms with Gasteiger partial charge in [0, 0.05) is 29.4 Å². The number of nitro benzene ring substituents is 1. The van der Waals surface area contributed by atoms with Gasteiger partial charge in [-0.3, -0.25) is 10.1 Å². The molecule has 0 unspecified atom stereocenters. The third kappa shape index (κ3) is 3.14. The van der Waals surface area contributed by atoms with Crippen molar-refractivity contribution in [3.8, 4) is 0 Å². The number of halogens is 1. The molecule has 6 nitrogen and oxygen atoms in total. The standard InChI is InChI=1S/C13H15ClN4O2/c1-13(2,3)7-15-12-9-4-8(18(19)20)5-11(14)10(9)6-16-17-12/h4-6H,7H2,1-3H3,(H,15,17). The number of benzene rings is 1. The van der Waals surface area contributed by atoms with Crippen LogP contribution in [0.25, 0.3) is 10.8 Å². The highest BCUT2D eigenvalue weighted by Gasteiger charge is 2.16. The lowest BCUT2D eigenvalue weighted by molar-refractivity contribution is -0.384. The van der Waals surface area contributed by atoms with Gasteiger partial charge in [0.25, 0.3) is 5.69 Å².